The second-order valence-corrected chi connectivity index (χ2v) is 6.52. The number of rotatable bonds is 6. The Hall–Kier alpha value is -2.90. The number of ether oxygens (including phenoxy) is 1. The van der Waals surface area contributed by atoms with E-state index in [-0.39, 0.29) is 16.9 Å². The van der Waals surface area contributed by atoms with E-state index in [0.29, 0.717) is 6.54 Å². The van der Waals surface area contributed by atoms with Crippen LogP contribution >= 0.6 is 0 Å². The molecule has 0 radical (unpaired) electrons. The molecule has 0 aliphatic heterocycles. The number of imidazole rings is 1. The first kappa shape index (κ1) is 18.4. The van der Waals surface area contributed by atoms with Crippen LogP contribution < -0.4 is 5.32 Å². The molecule has 0 bridgehead atoms. The number of esters is 1. The smallest absolute Gasteiger partial charge is 0.338 e. The summed E-state index contributed by atoms with van der Waals surface area (Å²) in [6.45, 7) is 8.38. The van der Waals surface area contributed by atoms with Crippen molar-refractivity contribution < 1.29 is 14.5 Å². The van der Waals surface area contributed by atoms with Crippen LogP contribution in [0.5, 0.6) is 0 Å². The summed E-state index contributed by atoms with van der Waals surface area (Å²) in [7, 11) is 0. The van der Waals surface area contributed by atoms with Crippen molar-refractivity contribution in [3.05, 3.63) is 52.1 Å². The van der Waals surface area contributed by atoms with Crippen LogP contribution in [0.3, 0.4) is 0 Å². The van der Waals surface area contributed by atoms with Crippen molar-refractivity contribution in [3.63, 3.8) is 0 Å². The number of aromatic nitrogens is 2. The van der Waals surface area contributed by atoms with E-state index in [1.165, 1.54) is 18.2 Å². The molecule has 0 unspecified atom stereocenters. The molecule has 0 atom stereocenters. The molecular formula is C17H22N4O4. The van der Waals surface area contributed by atoms with Crippen molar-refractivity contribution in [2.45, 2.75) is 46.4 Å². The van der Waals surface area contributed by atoms with Gasteiger partial charge < -0.3 is 14.6 Å². The Morgan fingerprint density at radius 1 is 1.40 bits per heavy atom. The van der Waals surface area contributed by atoms with Crippen LogP contribution in [0.2, 0.25) is 0 Å². The lowest BCUT2D eigenvalue weighted by Crippen LogP contribution is -2.24. The number of hydrogen-bond acceptors (Lipinski definition) is 6. The summed E-state index contributed by atoms with van der Waals surface area (Å²) in [5, 5.41) is 14.3. The van der Waals surface area contributed by atoms with E-state index < -0.39 is 16.5 Å². The van der Waals surface area contributed by atoms with Gasteiger partial charge in [0.1, 0.15) is 11.3 Å². The van der Waals surface area contributed by atoms with E-state index in [1.807, 2.05) is 11.5 Å². The minimum Gasteiger partial charge on any atom is -0.456 e. The topological polar surface area (TPSA) is 99.3 Å². The lowest BCUT2D eigenvalue weighted by Gasteiger charge is -2.19. The number of nitrogens with zero attached hydrogens (tertiary/aromatic N) is 3. The van der Waals surface area contributed by atoms with Crippen LogP contribution in [0.1, 0.15) is 43.7 Å². The molecule has 0 aliphatic carbocycles. The molecule has 2 aromatic rings. The fourth-order valence-electron chi connectivity index (χ4n) is 2.27. The largest absolute Gasteiger partial charge is 0.456 e. The third-order valence-electron chi connectivity index (χ3n) is 3.43. The maximum Gasteiger partial charge on any atom is 0.338 e. The van der Waals surface area contributed by atoms with Crippen molar-refractivity contribution >= 4 is 17.3 Å². The van der Waals surface area contributed by atoms with Gasteiger partial charge in [-0.1, -0.05) is 0 Å². The Bertz CT molecular complexity index is 777. The Kier molecular flexibility index (Phi) is 5.41. The first-order valence-electron chi connectivity index (χ1n) is 7.96. The highest BCUT2D eigenvalue weighted by Crippen LogP contribution is 2.27. The van der Waals surface area contributed by atoms with Gasteiger partial charge in [-0.05, 0) is 39.8 Å². The van der Waals surface area contributed by atoms with Crippen LogP contribution in [0.25, 0.3) is 0 Å². The number of nitro groups is 1. The number of nitro benzene ring substituents is 1. The van der Waals surface area contributed by atoms with Crippen molar-refractivity contribution in [3.8, 4) is 0 Å². The van der Waals surface area contributed by atoms with E-state index in [0.717, 1.165) is 12.2 Å². The predicted molar refractivity (Wildman–Crippen MR) is 93.5 cm³/mol. The molecule has 1 heterocycles. The number of carbonyl (C=O) groups is 1. The summed E-state index contributed by atoms with van der Waals surface area (Å²) >= 11 is 0. The van der Waals surface area contributed by atoms with Crippen LogP contribution in [-0.2, 0) is 17.8 Å². The van der Waals surface area contributed by atoms with Gasteiger partial charge in [0.25, 0.3) is 5.69 Å². The first-order valence-corrected chi connectivity index (χ1v) is 7.96. The molecule has 0 aliphatic rings. The molecule has 0 amide bonds. The quantitative estimate of drug-likeness (QED) is 0.489. The molecule has 134 valence electrons. The zero-order chi connectivity index (χ0) is 18.6. The van der Waals surface area contributed by atoms with Crippen molar-refractivity contribution in [1.29, 1.82) is 0 Å². The molecule has 1 N–H and O–H groups in total. The molecule has 0 saturated carbocycles. The van der Waals surface area contributed by atoms with E-state index in [9.17, 15) is 14.9 Å². The Balaban J connectivity index is 2.26. The zero-order valence-corrected chi connectivity index (χ0v) is 14.8. The fraction of sp³-hybridized carbons (Fsp3) is 0.412. The summed E-state index contributed by atoms with van der Waals surface area (Å²) in [5.74, 6) is -0.524. The van der Waals surface area contributed by atoms with Crippen molar-refractivity contribution in [2.24, 2.45) is 0 Å². The summed E-state index contributed by atoms with van der Waals surface area (Å²) < 4.78 is 7.24. The summed E-state index contributed by atoms with van der Waals surface area (Å²) in [6.07, 6.45) is 3.39. The Labute approximate surface area is 146 Å². The molecule has 0 spiro atoms. The number of benzene rings is 1. The second kappa shape index (κ2) is 7.33. The highest BCUT2D eigenvalue weighted by atomic mass is 16.6. The molecule has 0 fully saturated rings. The van der Waals surface area contributed by atoms with Gasteiger partial charge >= 0.3 is 5.97 Å². The average Bonchev–Trinajstić information content (AvgIpc) is 2.98. The van der Waals surface area contributed by atoms with Gasteiger partial charge in [0.2, 0.25) is 0 Å². The minimum absolute atomic E-state index is 0.102. The van der Waals surface area contributed by atoms with Gasteiger partial charge in [-0.15, -0.1) is 0 Å². The monoisotopic (exact) mass is 346 g/mol. The van der Waals surface area contributed by atoms with E-state index in [2.05, 4.69) is 10.3 Å². The van der Waals surface area contributed by atoms with Crippen molar-refractivity contribution in [2.75, 3.05) is 5.32 Å². The maximum absolute atomic E-state index is 12.2. The van der Waals surface area contributed by atoms with Crippen molar-refractivity contribution in [1.82, 2.24) is 9.55 Å². The third-order valence-corrected chi connectivity index (χ3v) is 3.43. The molecule has 8 heteroatoms. The van der Waals surface area contributed by atoms with E-state index in [1.54, 1.807) is 33.3 Å². The summed E-state index contributed by atoms with van der Waals surface area (Å²) in [4.78, 5) is 27.0. The molecule has 1 aromatic heterocycles. The molecule has 1 aromatic carbocycles. The van der Waals surface area contributed by atoms with Gasteiger partial charge in [0.05, 0.1) is 29.1 Å². The number of nitrogens with one attached hydrogen (secondary N) is 1. The minimum atomic E-state index is -0.639. The van der Waals surface area contributed by atoms with E-state index >= 15 is 0 Å². The molecule has 25 heavy (non-hydrogen) atoms. The second-order valence-electron chi connectivity index (χ2n) is 6.52. The third kappa shape index (κ3) is 4.79. The highest BCUT2D eigenvalue weighted by Gasteiger charge is 2.21. The highest BCUT2D eigenvalue weighted by molar-refractivity contribution is 5.91. The van der Waals surface area contributed by atoms with Gasteiger partial charge in [-0.3, -0.25) is 10.1 Å². The molecule has 0 saturated heterocycles. The molecule has 8 nitrogen and oxygen atoms in total. The number of carbonyl (C=O) groups excluding carboxylic acids is 1. The first-order chi connectivity index (χ1) is 11.7. The Morgan fingerprint density at radius 2 is 2.12 bits per heavy atom. The summed E-state index contributed by atoms with van der Waals surface area (Å²) in [5.41, 5.74) is 0.665. The predicted octanol–water partition coefficient (Wildman–Crippen LogP) is 3.38. The van der Waals surface area contributed by atoms with E-state index in [4.69, 9.17) is 4.74 Å². The van der Waals surface area contributed by atoms with Crippen LogP contribution in [-0.4, -0.2) is 26.0 Å². The lowest BCUT2D eigenvalue weighted by atomic mass is 10.1. The standard InChI is InChI=1S/C17H22N4O4/c1-5-20-11-18-9-13(20)10-19-14-8-12(6-7-15(14)21(23)24)16(22)25-17(2,3)4/h6-9,11,19H,5,10H2,1-4H3. The number of hydrogen-bond donors (Lipinski definition) is 1. The van der Waals surface area contributed by atoms with Crippen LogP contribution in [0.15, 0.2) is 30.7 Å². The average molecular weight is 346 g/mol. The normalized spacial score (nSPS) is 11.2. The molecule has 2 rings (SSSR count). The van der Waals surface area contributed by atoms with Gasteiger partial charge in [0, 0.05) is 18.8 Å². The van der Waals surface area contributed by atoms with Gasteiger partial charge in [-0.2, -0.15) is 0 Å². The number of anilines is 1. The van der Waals surface area contributed by atoms with Gasteiger partial charge in [0.15, 0.2) is 0 Å². The summed E-state index contributed by atoms with van der Waals surface area (Å²) in [6, 6.07) is 4.14. The number of aryl methyl sites for hydroxylation is 1. The van der Waals surface area contributed by atoms with Gasteiger partial charge in [-0.25, -0.2) is 9.78 Å². The van der Waals surface area contributed by atoms with Crippen LogP contribution in [0.4, 0.5) is 11.4 Å². The SMILES string of the molecule is CCn1cncc1CNc1cc(C(=O)OC(C)(C)C)ccc1[N+](=O)[O-]. The maximum atomic E-state index is 12.2. The zero-order valence-electron chi connectivity index (χ0n) is 14.8. The molecular weight excluding hydrogens is 324 g/mol. The lowest BCUT2D eigenvalue weighted by molar-refractivity contribution is -0.384. The Morgan fingerprint density at radius 3 is 2.72 bits per heavy atom. The fourth-order valence-corrected chi connectivity index (χ4v) is 2.27. The van der Waals surface area contributed by atoms with Crippen LogP contribution in [0, 0.1) is 10.1 Å².